The van der Waals surface area contributed by atoms with E-state index in [2.05, 4.69) is 5.32 Å². The number of hydrogen-bond acceptors (Lipinski definition) is 6. The maximum absolute atomic E-state index is 12.2. The number of esters is 1. The summed E-state index contributed by atoms with van der Waals surface area (Å²) in [5, 5.41) is 3.32. The van der Waals surface area contributed by atoms with Crippen molar-refractivity contribution in [2.75, 3.05) is 40.0 Å². The molecule has 0 aromatic rings. The van der Waals surface area contributed by atoms with E-state index in [0.717, 1.165) is 0 Å². The zero-order chi connectivity index (χ0) is 17.5. The molecule has 23 heavy (non-hydrogen) atoms. The molecule has 0 bridgehead atoms. The summed E-state index contributed by atoms with van der Waals surface area (Å²) in [6.07, 6.45) is 0.286. The predicted molar refractivity (Wildman–Crippen MR) is 86.2 cm³/mol. The van der Waals surface area contributed by atoms with Crippen LogP contribution < -0.4 is 5.32 Å². The smallest absolute Gasteiger partial charge is 0.410 e. The number of hydrogen-bond donors (Lipinski definition) is 1. The Morgan fingerprint density at radius 1 is 1.30 bits per heavy atom. The molecule has 1 N–H and O–H groups in total. The number of amides is 1. The van der Waals surface area contributed by atoms with Gasteiger partial charge in [-0.1, -0.05) is 0 Å². The molecule has 0 aromatic heterocycles. The highest BCUT2D eigenvalue weighted by molar-refractivity contribution is 5.75. The van der Waals surface area contributed by atoms with Crippen LogP contribution in [0.25, 0.3) is 0 Å². The highest BCUT2D eigenvalue weighted by Gasteiger charge is 2.38. The quantitative estimate of drug-likeness (QED) is 0.586. The van der Waals surface area contributed by atoms with Crippen LogP contribution in [0.4, 0.5) is 4.79 Å². The van der Waals surface area contributed by atoms with E-state index < -0.39 is 11.5 Å². The number of methoxy groups -OCH3 is 1. The number of carbonyl (C=O) groups is 2. The number of nitrogens with zero attached hydrogens (tertiary/aromatic N) is 1. The van der Waals surface area contributed by atoms with Crippen LogP contribution in [-0.2, 0) is 19.0 Å². The maximum Gasteiger partial charge on any atom is 0.410 e. The van der Waals surface area contributed by atoms with Crippen LogP contribution in [0.15, 0.2) is 0 Å². The van der Waals surface area contributed by atoms with Gasteiger partial charge in [-0.05, 0) is 34.1 Å². The third-order valence-electron chi connectivity index (χ3n) is 3.57. The number of nitrogens with one attached hydrogen (secondary N) is 1. The van der Waals surface area contributed by atoms with E-state index in [1.807, 2.05) is 20.8 Å². The average Bonchev–Trinajstić information content (AvgIpc) is 2.46. The Morgan fingerprint density at radius 3 is 2.57 bits per heavy atom. The van der Waals surface area contributed by atoms with Crippen molar-refractivity contribution in [2.24, 2.45) is 5.92 Å². The van der Waals surface area contributed by atoms with Crippen molar-refractivity contribution < 1.29 is 23.8 Å². The molecule has 1 rings (SSSR count). The normalized spacial score (nSPS) is 21.9. The Labute approximate surface area is 138 Å². The summed E-state index contributed by atoms with van der Waals surface area (Å²) >= 11 is 0. The first kappa shape index (κ1) is 19.7. The minimum absolute atomic E-state index is 0.0251. The van der Waals surface area contributed by atoms with Crippen molar-refractivity contribution in [1.29, 1.82) is 0 Å². The molecule has 7 nitrogen and oxygen atoms in total. The molecule has 2 atom stereocenters. The molecule has 2 unspecified atom stereocenters. The minimum atomic E-state index is -0.552. The van der Waals surface area contributed by atoms with Gasteiger partial charge in [0.25, 0.3) is 0 Å². The number of piperidine rings is 1. The van der Waals surface area contributed by atoms with Crippen LogP contribution in [-0.4, -0.2) is 68.6 Å². The molecule has 1 amide bonds. The predicted octanol–water partition coefficient (Wildman–Crippen LogP) is 1.41. The lowest BCUT2D eigenvalue weighted by Gasteiger charge is -2.38. The van der Waals surface area contributed by atoms with Crippen LogP contribution in [0.2, 0.25) is 0 Å². The lowest BCUT2D eigenvalue weighted by atomic mass is 9.92. The zero-order valence-corrected chi connectivity index (χ0v) is 14.9. The van der Waals surface area contributed by atoms with E-state index in [4.69, 9.17) is 14.2 Å². The third kappa shape index (κ3) is 6.74. The van der Waals surface area contributed by atoms with Crippen molar-refractivity contribution in [1.82, 2.24) is 10.2 Å². The van der Waals surface area contributed by atoms with E-state index in [1.54, 1.807) is 18.9 Å². The van der Waals surface area contributed by atoms with E-state index in [9.17, 15) is 9.59 Å². The molecular formula is C16H30N2O5. The molecule has 0 radical (unpaired) electrons. The molecule has 0 spiro atoms. The molecule has 1 aliphatic rings. The minimum Gasteiger partial charge on any atom is -0.466 e. The molecule has 1 fully saturated rings. The highest BCUT2D eigenvalue weighted by Crippen LogP contribution is 2.21. The van der Waals surface area contributed by atoms with E-state index in [1.165, 1.54) is 0 Å². The molecule has 1 saturated heterocycles. The van der Waals surface area contributed by atoms with Gasteiger partial charge in [-0.3, -0.25) is 4.79 Å². The summed E-state index contributed by atoms with van der Waals surface area (Å²) < 4.78 is 15.6. The van der Waals surface area contributed by atoms with Gasteiger partial charge in [0.1, 0.15) is 5.60 Å². The standard InChI is InChI=1S/C16H30N2O5/c1-6-22-14(19)12-11-18(15(20)23-16(2,3)4)9-7-13(12)17-8-10-21-5/h12-13,17H,6-11H2,1-5H3. The Kier molecular flexibility index (Phi) is 7.78. The second-order valence-electron chi connectivity index (χ2n) is 6.63. The topological polar surface area (TPSA) is 77.1 Å². The fourth-order valence-corrected chi connectivity index (χ4v) is 2.52. The number of rotatable bonds is 6. The van der Waals surface area contributed by atoms with Gasteiger partial charge in [0.05, 0.1) is 19.1 Å². The summed E-state index contributed by atoms with van der Waals surface area (Å²) in [4.78, 5) is 26.0. The highest BCUT2D eigenvalue weighted by atomic mass is 16.6. The molecule has 1 aliphatic heterocycles. The molecule has 0 aliphatic carbocycles. The molecule has 0 saturated carbocycles. The SMILES string of the molecule is CCOC(=O)C1CN(C(=O)OC(C)(C)C)CCC1NCCOC. The number of carbonyl (C=O) groups excluding carboxylic acids is 2. The zero-order valence-electron chi connectivity index (χ0n) is 14.9. The van der Waals surface area contributed by atoms with Crippen molar-refractivity contribution in [2.45, 2.75) is 45.8 Å². The van der Waals surface area contributed by atoms with Gasteiger partial charge in [-0.15, -0.1) is 0 Å². The maximum atomic E-state index is 12.2. The van der Waals surface area contributed by atoms with Crippen LogP contribution in [0.1, 0.15) is 34.1 Å². The number of ether oxygens (including phenoxy) is 3. The van der Waals surface area contributed by atoms with Gasteiger partial charge in [0, 0.05) is 32.8 Å². The summed E-state index contributed by atoms with van der Waals surface area (Å²) in [5.41, 5.74) is -0.552. The lowest BCUT2D eigenvalue weighted by molar-refractivity contribution is -0.150. The van der Waals surface area contributed by atoms with E-state index >= 15 is 0 Å². The van der Waals surface area contributed by atoms with Gasteiger partial charge >= 0.3 is 12.1 Å². The molecule has 1 heterocycles. The van der Waals surface area contributed by atoms with Gasteiger partial charge in [-0.2, -0.15) is 0 Å². The third-order valence-corrected chi connectivity index (χ3v) is 3.57. The van der Waals surface area contributed by atoms with Gasteiger partial charge in [0.15, 0.2) is 0 Å². The lowest BCUT2D eigenvalue weighted by Crippen LogP contribution is -2.55. The van der Waals surface area contributed by atoms with Crippen molar-refractivity contribution in [3.05, 3.63) is 0 Å². The largest absolute Gasteiger partial charge is 0.466 e. The second kappa shape index (κ2) is 9.08. The first-order chi connectivity index (χ1) is 10.8. The van der Waals surface area contributed by atoms with Crippen LogP contribution in [0.5, 0.6) is 0 Å². The summed E-state index contributed by atoms with van der Waals surface area (Å²) in [7, 11) is 1.63. The first-order valence-corrected chi connectivity index (χ1v) is 8.15. The fourth-order valence-electron chi connectivity index (χ4n) is 2.52. The summed E-state index contributed by atoms with van der Waals surface area (Å²) in [6.45, 7) is 9.66. The monoisotopic (exact) mass is 330 g/mol. The Morgan fingerprint density at radius 2 is 2.00 bits per heavy atom. The van der Waals surface area contributed by atoms with E-state index in [0.29, 0.717) is 39.3 Å². The average molecular weight is 330 g/mol. The molecule has 0 aromatic carbocycles. The van der Waals surface area contributed by atoms with Crippen LogP contribution in [0.3, 0.4) is 0 Å². The fraction of sp³-hybridized carbons (Fsp3) is 0.875. The van der Waals surface area contributed by atoms with E-state index in [-0.39, 0.29) is 18.1 Å². The Balaban J connectivity index is 2.70. The van der Waals surface area contributed by atoms with Crippen LogP contribution >= 0.6 is 0 Å². The first-order valence-electron chi connectivity index (χ1n) is 8.15. The van der Waals surface area contributed by atoms with Crippen molar-refractivity contribution >= 4 is 12.1 Å². The molecule has 7 heteroatoms. The Bertz CT molecular complexity index is 394. The van der Waals surface area contributed by atoms with Gasteiger partial charge in [0.2, 0.25) is 0 Å². The summed E-state index contributed by atoms with van der Waals surface area (Å²) in [6, 6.07) is -0.0251. The molecule has 134 valence electrons. The Hall–Kier alpha value is -1.34. The van der Waals surface area contributed by atoms with Crippen molar-refractivity contribution in [3.8, 4) is 0 Å². The molecular weight excluding hydrogens is 300 g/mol. The van der Waals surface area contributed by atoms with Gasteiger partial charge < -0.3 is 24.4 Å². The second-order valence-corrected chi connectivity index (χ2v) is 6.63. The summed E-state index contributed by atoms with van der Waals surface area (Å²) in [5.74, 6) is -0.677. The van der Waals surface area contributed by atoms with Crippen molar-refractivity contribution in [3.63, 3.8) is 0 Å². The van der Waals surface area contributed by atoms with Gasteiger partial charge in [-0.25, -0.2) is 4.79 Å². The number of likely N-dealkylation sites (tertiary alicyclic amines) is 1. The van der Waals surface area contributed by atoms with Crippen LogP contribution in [0, 0.1) is 5.92 Å².